The number of ether oxygens (including phenoxy) is 1. The number of hydrogen-bond donors (Lipinski definition) is 0. The van der Waals surface area contributed by atoms with Gasteiger partial charge in [0.05, 0.1) is 5.92 Å². The van der Waals surface area contributed by atoms with E-state index in [0.29, 0.717) is 12.6 Å². The molecule has 1 aliphatic carbocycles. The van der Waals surface area contributed by atoms with Crippen molar-refractivity contribution in [2.45, 2.75) is 6.42 Å². The first-order valence-corrected chi connectivity index (χ1v) is 3.46. The number of allylic oxidation sites excluding steroid dienone is 3. The monoisotopic (exact) mass is 135 g/mol. The Bertz CT molecular complexity index is 215. The predicted octanol–water partition coefficient (Wildman–Crippen LogP) is 1.50. The van der Waals surface area contributed by atoms with E-state index in [9.17, 15) is 0 Å². The van der Waals surface area contributed by atoms with Gasteiger partial charge >= 0.3 is 0 Å². The van der Waals surface area contributed by atoms with Gasteiger partial charge in [-0.25, -0.2) is 0 Å². The zero-order valence-corrected chi connectivity index (χ0v) is 5.66. The molecule has 0 N–H and O–H groups in total. The SMILES string of the molecule is C1=CC2C=NCOC2=CC1. The Morgan fingerprint density at radius 2 is 2.60 bits per heavy atom. The molecule has 0 amide bonds. The predicted molar refractivity (Wildman–Crippen MR) is 39.8 cm³/mol. The average Bonchev–Trinajstić information content (AvgIpc) is 2.05. The van der Waals surface area contributed by atoms with Gasteiger partial charge in [0.15, 0.2) is 6.73 Å². The van der Waals surface area contributed by atoms with Gasteiger partial charge in [-0.2, -0.15) is 0 Å². The molecule has 52 valence electrons. The third kappa shape index (κ3) is 0.856. The molecule has 2 aliphatic rings. The van der Waals surface area contributed by atoms with E-state index in [2.05, 4.69) is 23.2 Å². The van der Waals surface area contributed by atoms with Crippen LogP contribution >= 0.6 is 0 Å². The molecular formula is C8H9NO. The van der Waals surface area contributed by atoms with Crippen molar-refractivity contribution < 1.29 is 4.74 Å². The zero-order chi connectivity index (χ0) is 6.81. The first-order valence-electron chi connectivity index (χ1n) is 3.46. The number of rotatable bonds is 0. The van der Waals surface area contributed by atoms with Crippen molar-refractivity contribution in [1.29, 1.82) is 0 Å². The van der Waals surface area contributed by atoms with Gasteiger partial charge in [-0.15, -0.1) is 0 Å². The van der Waals surface area contributed by atoms with Gasteiger partial charge in [0, 0.05) is 6.21 Å². The van der Waals surface area contributed by atoms with Crippen molar-refractivity contribution in [1.82, 2.24) is 0 Å². The Morgan fingerprint density at radius 3 is 3.50 bits per heavy atom. The largest absolute Gasteiger partial charge is 0.475 e. The molecule has 0 fully saturated rings. The van der Waals surface area contributed by atoms with E-state index < -0.39 is 0 Å². The highest BCUT2D eigenvalue weighted by atomic mass is 16.5. The lowest BCUT2D eigenvalue weighted by molar-refractivity contribution is 0.197. The highest BCUT2D eigenvalue weighted by Gasteiger charge is 2.14. The minimum atomic E-state index is 0.322. The van der Waals surface area contributed by atoms with Gasteiger partial charge in [0.2, 0.25) is 0 Å². The van der Waals surface area contributed by atoms with Crippen molar-refractivity contribution in [2.24, 2.45) is 10.9 Å². The Hall–Kier alpha value is -1.05. The summed E-state index contributed by atoms with van der Waals surface area (Å²) in [7, 11) is 0. The highest BCUT2D eigenvalue weighted by molar-refractivity contribution is 5.68. The molecule has 2 heteroatoms. The number of hydrogen-bond acceptors (Lipinski definition) is 2. The van der Waals surface area contributed by atoms with Gasteiger partial charge < -0.3 is 4.74 Å². The molecule has 0 saturated carbocycles. The van der Waals surface area contributed by atoms with Crippen LogP contribution < -0.4 is 0 Å². The standard InChI is InChI=1S/C8H9NO/c1-2-4-8-7(3-1)5-9-6-10-8/h1,3-5,7H,2,6H2. The van der Waals surface area contributed by atoms with Crippen molar-refractivity contribution in [3.63, 3.8) is 0 Å². The van der Waals surface area contributed by atoms with Crippen LogP contribution in [0.5, 0.6) is 0 Å². The summed E-state index contributed by atoms with van der Waals surface area (Å²) in [4.78, 5) is 4.02. The molecule has 2 nitrogen and oxygen atoms in total. The summed E-state index contributed by atoms with van der Waals surface area (Å²) < 4.78 is 5.29. The molecule has 1 unspecified atom stereocenters. The quantitative estimate of drug-likeness (QED) is 0.461. The van der Waals surface area contributed by atoms with Crippen molar-refractivity contribution in [3.8, 4) is 0 Å². The smallest absolute Gasteiger partial charge is 0.178 e. The van der Waals surface area contributed by atoms with Gasteiger partial charge in [0.25, 0.3) is 0 Å². The fourth-order valence-corrected chi connectivity index (χ4v) is 1.19. The zero-order valence-electron chi connectivity index (χ0n) is 5.66. The van der Waals surface area contributed by atoms with Crippen molar-refractivity contribution in [2.75, 3.05) is 6.73 Å². The molecule has 10 heavy (non-hydrogen) atoms. The Balaban J connectivity index is 2.26. The second-order valence-electron chi connectivity index (χ2n) is 2.40. The second kappa shape index (κ2) is 2.29. The fraction of sp³-hybridized carbons (Fsp3) is 0.375. The maximum Gasteiger partial charge on any atom is 0.178 e. The van der Waals surface area contributed by atoms with Crippen LogP contribution in [-0.2, 0) is 4.74 Å². The van der Waals surface area contributed by atoms with E-state index in [1.54, 1.807) is 0 Å². The van der Waals surface area contributed by atoms with Crippen molar-refractivity contribution >= 4 is 6.21 Å². The maximum absolute atomic E-state index is 5.29. The minimum Gasteiger partial charge on any atom is -0.475 e. The third-order valence-corrected chi connectivity index (χ3v) is 1.70. The summed E-state index contributed by atoms with van der Waals surface area (Å²) in [6.45, 7) is 0.496. The second-order valence-corrected chi connectivity index (χ2v) is 2.40. The third-order valence-electron chi connectivity index (χ3n) is 1.70. The Labute approximate surface area is 59.9 Å². The molecular weight excluding hydrogens is 126 g/mol. The normalized spacial score (nSPS) is 28.8. The maximum atomic E-state index is 5.29. The lowest BCUT2D eigenvalue weighted by atomic mass is 10.0. The topological polar surface area (TPSA) is 21.6 Å². The number of aliphatic imine (C=N–C) groups is 1. The molecule has 0 spiro atoms. The van der Waals surface area contributed by atoms with E-state index in [-0.39, 0.29) is 0 Å². The van der Waals surface area contributed by atoms with E-state index >= 15 is 0 Å². The molecule has 0 saturated heterocycles. The van der Waals surface area contributed by atoms with Gasteiger partial charge in [-0.05, 0) is 12.5 Å². The number of nitrogens with zero attached hydrogens (tertiary/aromatic N) is 1. The highest BCUT2D eigenvalue weighted by Crippen LogP contribution is 2.20. The number of fused-ring (bicyclic) bond motifs is 1. The minimum absolute atomic E-state index is 0.322. The molecule has 0 bridgehead atoms. The van der Waals surface area contributed by atoms with E-state index in [4.69, 9.17) is 4.74 Å². The molecule has 0 aromatic rings. The average molecular weight is 135 g/mol. The van der Waals surface area contributed by atoms with Gasteiger partial charge in [-0.1, -0.05) is 12.2 Å². The summed E-state index contributed by atoms with van der Waals surface area (Å²) in [6, 6.07) is 0. The lowest BCUT2D eigenvalue weighted by Gasteiger charge is -2.19. The molecule has 2 rings (SSSR count). The molecule has 0 aromatic carbocycles. The summed E-state index contributed by atoms with van der Waals surface area (Å²) in [6.07, 6.45) is 9.30. The van der Waals surface area contributed by atoms with Crippen LogP contribution in [0, 0.1) is 5.92 Å². The Kier molecular flexibility index (Phi) is 1.31. The first-order chi connectivity index (χ1) is 4.97. The molecule has 1 atom stereocenters. The Morgan fingerprint density at radius 1 is 1.60 bits per heavy atom. The van der Waals surface area contributed by atoms with E-state index in [0.717, 1.165) is 12.2 Å². The van der Waals surface area contributed by atoms with Gasteiger partial charge in [0.1, 0.15) is 5.76 Å². The van der Waals surface area contributed by atoms with Gasteiger partial charge in [-0.3, -0.25) is 4.99 Å². The van der Waals surface area contributed by atoms with E-state index in [1.165, 1.54) is 0 Å². The van der Waals surface area contributed by atoms with Crippen LogP contribution in [0.1, 0.15) is 6.42 Å². The lowest BCUT2D eigenvalue weighted by Crippen LogP contribution is -2.14. The van der Waals surface area contributed by atoms with Crippen LogP contribution in [-0.4, -0.2) is 12.9 Å². The van der Waals surface area contributed by atoms with Crippen LogP contribution in [0.2, 0.25) is 0 Å². The molecule has 1 aliphatic heterocycles. The fourth-order valence-electron chi connectivity index (χ4n) is 1.19. The summed E-state index contributed by atoms with van der Waals surface area (Å²) in [5, 5.41) is 0. The van der Waals surface area contributed by atoms with Crippen LogP contribution in [0.15, 0.2) is 29.0 Å². The summed E-state index contributed by atoms with van der Waals surface area (Å²) >= 11 is 0. The van der Waals surface area contributed by atoms with Crippen LogP contribution in [0.4, 0.5) is 0 Å². The van der Waals surface area contributed by atoms with E-state index in [1.807, 2.05) is 6.21 Å². The molecule has 0 radical (unpaired) electrons. The summed E-state index contributed by atoms with van der Waals surface area (Å²) in [5.41, 5.74) is 0. The first kappa shape index (κ1) is 5.71. The van der Waals surface area contributed by atoms with Crippen LogP contribution in [0.3, 0.4) is 0 Å². The van der Waals surface area contributed by atoms with Crippen molar-refractivity contribution in [3.05, 3.63) is 24.0 Å². The summed E-state index contributed by atoms with van der Waals surface area (Å²) in [5.74, 6) is 1.39. The molecule has 0 aromatic heterocycles. The van der Waals surface area contributed by atoms with Crippen LogP contribution in [0.25, 0.3) is 0 Å². The molecule has 1 heterocycles.